The second-order valence-electron chi connectivity index (χ2n) is 6.05. The number of nitrogens with zero attached hydrogens (tertiary/aromatic N) is 3. The zero-order valence-electron chi connectivity index (χ0n) is 12.4. The average molecular weight is 287 g/mol. The third-order valence-electron chi connectivity index (χ3n) is 4.70. The van der Waals surface area contributed by atoms with Gasteiger partial charge in [0.05, 0.1) is 6.42 Å². The molecule has 0 radical (unpaired) electrons. The Bertz CT molecular complexity index is 546. The quantitative estimate of drug-likeness (QED) is 0.822. The summed E-state index contributed by atoms with van der Waals surface area (Å²) in [7, 11) is 1.84. The van der Waals surface area contributed by atoms with Crippen LogP contribution in [0, 0.1) is 0 Å². The van der Waals surface area contributed by atoms with Crippen LogP contribution in [0.4, 0.5) is 0 Å². The molecule has 5 nitrogen and oxygen atoms in total. The molecule has 0 N–H and O–H groups in total. The first-order chi connectivity index (χ1) is 10.1. The largest absolute Gasteiger partial charge is 0.344 e. The molecule has 0 saturated carbocycles. The highest BCUT2D eigenvalue weighted by atomic mass is 16.2. The van der Waals surface area contributed by atoms with E-state index in [1.165, 1.54) is 0 Å². The van der Waals surface area contributed by atoms with Gasteiger partial charge in [0.1, 0.15) is 5.54 Å². The monoisotopic (exact) mass is 287 g/mol. The lowest BCUT2D eigenvalue weighted by Crippen LogP contribution is -2.60. The number of likely N-dealkylation sites (tertiary alicyclic amines) is 2. The number of hydrogen-bond donors (Lipinski definition) is 0. The molecule has 2 fully saturated rings. The lowest BCUT2D eigenvalue weighted by Gasteiger charge is -2.43. The molecule has 2 saturated heterocycles. The number of piperidine rings is 1. The summed E-state index contributed by atoms with van der Waals surface area (Å²) >= 11 is 0. The molecule has 0 bridgehead atoms. The van der Waals surface area contributed by atoms with E-state index in [1.807, 2.05) is 24.1 Å². The zero-order valence-corrected chi connectivity index (χ0v) is 12.4. The Morgan fingerprint density at radius 1 is 1.33 bits per heavy atom. The van der Waals surface area contributed by atoms with Crippen LogP contribution in [0.2, 0.25) is 0 Å². The maximum absolute atomic E-state index is 12.7. The highest BCUT2D eigenvalue weighted by molar-refractivity contribution is 5.93. The fourth-order valence-electron chi connectivity index (χ4n) is 3.67. The summed E-state index contributed by atoms with van der Waals surface area (Å²) in [6.07, 6.45) is 7.23. The Morgan fingerprint density at radius 2 is 2.10 bits per heavy atom. The average Bonchev–Trinajstić information content (AvgIpc) is 2.90. The Labute approximate surface area is 124 Å². The molecule has 1 unspecified atom stereocenters. The number of amides is 2. The van der Waals surface area contributed by atoms with E-state index in [1.54, 1.807) is 17.3 Å². The SMILES string of the molecule is CN1CCCC2(CCCN2C(=O)Cc2cccnc2)C1=O. The molecule has 3 heterocycles. The van der Waals surface area contributed by atoms with Gasteiger partial charge in [0, 0.05) is 32.5 Å². The van der Waals surface area contributed by atoms with E-state index < -0.39 is 5.54 Å². The number of rotatable bonds is 2. The van der Waals surface area contributed by atoms with Gasteiger partial charge in [0.25, 0.3) is 0 Å². The lowest BCUT2D eigenvalue weighted by atomic mass is 9.85. The molecular weight excluding hydrogens is 266 g/mol. The summed E-state index contributed by atoms with van der Waals surface area (Å²) in [5.74, 6) is 0.162. The van der Waals surface area contributed by atoms with Crippen molar-refractivity contribution in [1.82, 2.24) is 14.8 Å². The van der Waals surface area contributed by atoms with E-state index in [0.717, 1.165) is 37.8 Å². The molecule has 2 amide bonds. The minimum Gasteiger partial charge on any atom is -0.344 e. The van der Waals surface area contributed by atoms with Crippen molar-refractivity contribution in [2.45, 2.75) is 37.6 Å². The third-order valence-corrected chi connectivity index (χ3v) is 4.70. The maximum Gasteiger partial charge on any atom is 0.248 e. The van der Waals surface area contributed by atoms with Crippen molar-refractivity contribution in [2.24, 2.45) is 0 Å². The molecule has 2 aliphatic rings. The number of hydrogen-bond acceptors (Lipinski definition) is 3. The maximum atomic E-state index is 12.7. The van der Waals surface area contributed by atoms with Gasteiger partial charge in [-0.25, -0.2) is 0 Å². The number of carbonyl (C=O) groups is 2. The predicted octanol–water partition coefficient (Wildman–Crippen LogP) is 1.24. The van der Waals surface area contributed by atoms with Crippen molar-refractivity contribution in [3.05, 3.63) is 30.1 Å². The molecule has 2 aliphatic heterocycles. The van der Waals surface area contributed by atoms with Gasteiger partial charge in [-0.05, 0) is 37.3 Å². The van der Waals surface area contributed by atoms with Crippen molar-refractivity contribution in [1.29, 1.82) is 0 Å². The highest BCUT2D eigenvalue weighted by Gasteiger charge is 2.51. The van der Waals surface area contributed by atoms with Crippen LogP contribution in [0.15, 0.2) is 24.5 Å². The first kappa shape index (κ1) is 14.0. The van der Waals surface area contributed by atoms with Crippen LogP contribution in [0.5, 0.6) is 0 Å². The first-order valence-electron chi connectivity index (χ1n) is 7.58. The minimum absolute atomic E-state index is 0.0455. The molecule has 5 heteroatoms. The van der Waals surface area contributed by atoms with E-state index in [9.17, 15) is 9.59 Å². The van der Waals surface area contributed by atoms with Gasteiger partial charge >= 0.3 is 0 Å². The van der Waals surface area contributed by atoms with E-state index in [-0.39, 0.29) is 11.8 Å². The Kier molecular flexibility index (Phi) is 3.66. The number of aromatic nitrogens is 1. The number of carbonyl (C=O) groups excluding carboxylic acids is 2. The van der Waals surface area contributed by atoms with Gasteiger partial charge in [0.2, 0.25) is 11.8 Å². The van der Waals surface area contributed by atoms with E-state index in [4.69, 9.17) is 0 Å². The highest BCUT2D eigenvalue weighted by Crippen LogP contribution is 2.38. The Hall–Kier alpha value is -1.91. The van der Waals surface area contributed by atoms with Gasteiger partial charge in [-0.1, -0.05) is 6.07 Å². The second kappa shape index (κ2) is 5.47. The van der Waals surface area contributed by atoms with Gasteiger partial charge < -0.3 is 9.80 Å². The Balaban J connectivity index is 1.80. The summed E-state index contributed by atoms with van der Waals surface area (Å²) in [6.45, 7) is 1.49. The lowest BCUT2D eigenvalue weighted by molar-refractivity contribution is -0.153. The van der Waals surface area contributed by atoms with Crippen molar-refractivity contribution in [2.75, 3.05) is 20.1 Å². The summed E-state index contributed by atoms with van der Waals surface area (Å²) in [6, 6.07) is 3.74. The summed E-state index contributed by atoms with van der Waals surface area (Å²) < 4.78 is 0. The smallest absolute Gasteiger partial charge is 0.248 e. The predicted molar refractivity (Wildman–Crippen MR) is 78.5 cm³/mol. The topological polar surface area (TPSA) is 53.5 Å². The molecule has 1 aromatic rings. The Morgan fingerprint density at radius 3 is 2.81 bits per heavy atom. The fraction of sp³-hybridized carbons (Fsp3) is 0.562. The van der Waals surface area contributed by atoms with Crippen molar-refractivity contribution in [3.63, 3.8) is 0 Å². The van der Waals surface area contributed by atoms with Crippen LogP contribution in [-0.4, -0.2) is 52.3 Å². The first-order valence-corrected chi connectivity index (χ1v) is 7.58. The molecule has 1 atom stereocenters. The number of likely N-dealkylation sites (N-methyl/N-ethyl adjacent to an activating group) is 1. The van der Waals surface area contributed by atoms with E-state index in [0.29, 0.717) is 13.0 Å². The molecule has 21 heavy (non-hydrogen) atoms. The van der Waals surface area contributed by atoms with Crippen LogP contribution in [0.3, 0.4) is 0 Å². The molecule has 1 aromatic heterocycles. The molecule has 0 aliphatic carbocycles. The summed E-state index contributed by atoms with van der Waals surface area (Å²) in [5, 5.41) is 0. The zero-order chi connectivity index (χ0) is 14.9. The van der Waals surface area contributed by atoms with Crippen LogP contribution >= 0.6 is 0 Å². The molecule has 3 rings (SSSR count). The van der Waals surface area contributed by atoms with Crippen molar-refractivity contribution in [3.8, 4) is 0 Å². The van der Waals surface area contributed by atoms with E-state index >= 15 is 0 Å². The van der Waals surface area contributed by atoms with Crippen LogP contribution in [-0.2, 0) is 16.0 Å². The van der Waals surface area contributed by atoms with Gasteiger partial charge in [-0.2, -0.15) is 0 Å². The summed E-state index contributed by atoms with van der Waals surface area (Å²) in [5.41, 5.74) is 0.327. The van der Waals surface area contributed by atoms with Gasteiger partial charge in [-0.3, -0.25) is 14.6 Å². The molecule has 112 valence electrons. The van der Waals surface area contributed by atoms with E-state index in [2.05, 4.69) is 4.98 Å². The van der Waals surface area contributed by atoms with Crippen LogP contribution in [0.25, 0.3) is 0 Å². The second-order valence-corrected chi connectivity index (χ2v) is 6.05. The van der Waals surface area contributed by atoms with Crippen LogP contribution in [0.1, 0.15) is 31.2 Å². The van der Waals surface area contributed by atoms with Gasteiger partial charge in [0.15, 0.2) is 0 Å². The number of pyridine rings is 1. The third kappa shape index (κ3) is 2.41. The van der Waals surface area contributed by atoms with Crippen molar-refractivity contribution >= 4 is 11.8 Å². The normalized spacial score (nSPS) is 25.7. The molecule has 0 aromatic carbocycles. The van der Waals surface area contributed by atoms with Crippen LogP contribution < -0.4 is 0 Å². The molecular formula is C16H21N3O2. The molecule has 1 spiro atoms. The fourth-order valence-corrected chi connectivity index (χ4v) is 3.67. The van der Waals surface area contributed by atoms with Crippen molar-refractivity contribution < 1.29 is 9.59 Å². The standard InChI is InChI=1S/C16H21N3O2/c1-18-9-3-6-16(15(18)21)7-4-10-19(16)14(20)11-13-5-2-8-17-12-13/h2,5,8,12H,3-4,6-7,9-11H2,1H3. The van der Waals surface area contributed by atoms with Gasteiger partial charge in [-0.15, -0.1) is 0 Å². The summed E-state index contributed by atoms with van der Waals surface area (Å²) in [4.78, 5) is 33.0. The minimum atomic E-state index is -0.577.